The van der Waals surface area contributed by atoms with Gasteiger partial charge in [-0.1, -0.05) is 18.2 Å². The summed E-state index contributed by atoms with van der Waals surface area (Å²) in [6.07, 6.45) is 0. The normalized spacial score (nSPS) is 10.9. The summed E-state index contributed by atoms with van der Waals surface area (Å²) in [6, 6.07) is 18.2. The van der Waals surface area contributed by atoms with Crippen LogP contribution in [0.2, 0.25) is 0 Å². The lowest BCUT2D eigenvalue weighted by Gasteiger charge is -2.30. The van der Waals surface area contributed by atoms with Crippen molar-refractivity contribution in [1.29, 1.82) is 0 Å². The summed E-state index contributed by atoms with van der Waals surface area (Å²) in [7, 11) is 0. The molecule has 0 bridgehead atoms. The Kier molecular flexibility index (Phi) is 6.35. The van der Waals surface area contributed by atoms with Gasteiger partial charge in [0.2, 0.25) is 0 Å². The molecule has 0 aliphatic rings. The van der Waals surface area contributed by atoms with Gasteiger partial charge in [0.05, 0.1) is 17.1 Å². The fraction of sp³-hybridized carbons (Fsp3) is 0.200. The van der Waals surface area contributed by atoms with E-state index in [1.165, 1.54) is 0 Å². The van der Waals surface area contributed by atoms with Crippen LogP contribution in [0.1, 0.15) is 33.4 Å². The Morgan fingerprint density at radius 3 is 1.74 bits per heavy atom. The maximum Gasteiger partial charge on any atom is 0.140 e. The average Bonchev–Trinajstić information content (AvgIpc) is 2.75. The molecule has 3 N–H and O–H groups in total. The zero-order chi connectivity index (χ0) is 25.4. The highest BCUT2D eigenvalue weighted by molar-refractivity contribution is 5.86. The molecule has 0 heterocycles. The summed E-state index contributed by atoms with van der Waals surface area (Å²) < 4.78 is 6.18. The Hall–Kier alpha value is -4.12. The Balaban J connectivity index is 1.91. The largest absolute Gasteiger partial charge is 0.508 e. The standard InChI is InChI=1S/C30H31NO4/c1-17-10-20(4)29(26(33)12-17)31(30-21(5)11-18(2)13-27(30)34)23-8-7-9-25(15-23)35-28-16-24(32)14-19(3)22(28)6/h7-16,32-34H,1-6H3. The SMILES string of the molecule is Cc1cc(C)c(N(c2cccc(Oc3cc(O)cc(C)c3C)c2)c2c(C)cc(C)cc2O)c(O)c1. The van der Waals surface area contributed by atoms with E-state index in [0.717, 1.165) is 33.4 Å². The van der Waals surface area contributed by atoms with Gasteiger partial charge >= 0.3 is 0 Å². The maximum absolute atomic E-state index is 11.0. The topological polar surface area (TPSA) is 73.2 Å². The van der Waals surface area contributed by atoms with Gasteiger partial charge in [0.1, 0.15) is 28.7 Å². The second-order valence-corrected chi connectivity index (χ2v) is 9.22. The number of nitrogens with zero attached hydrogens (tertiary/aromatic N) is 1. The van der Waals surface area contributed by atoms with Crippen LogP contribution in [0.5, 0.6) is 28.7 Å². The first-order chi connectivity index (χ1) is 16.5. The molecule has 4 rings (SSSR count). The van der Waals surface area contributed by atoms with Crippen molar-refractivity contribution in [2.24, 2.45) is 0 Å². The van der Waals surface area contributed by atoms with Crippen LogP contribution in [0.15, 0.2) is 60.7 Å². The molecule has 0 saturated heterocycles. The van der Waals surface area contributed by atoms with Crippen molar-refractivity contribution in [3.8, 4) is 28.7 Å². The van der Waals surface area contributed by atoms with E-state index in [1.54, 1.807) is 24.3 Å². The van der Waals surface area contributed by atoms with Gasteiger partial charge in [-0.25, -0.2) is 0 Å². The van der Waals surface area contributed by atoms with Crippen LogP contribution >= 0.6 is 0 Å². The molecule has 0 fully saturated rings. The van der Waals surface area contributed by atoms with E-state index in [0.29, 0.717) is 28.6 Å². The molecule has 0 unspecified atom stereocenters. The van der Waals surface area contributed by atoms with Gasteiger partial charge in [-0.3, -0.25) is 0 Å². The van der Waals surface area contributed by atoms with Crippen molar-refractivity contribution < 1.29 is 20.1 Å². The van der Waals surface area contributed by atoms with E-state index in [2.05, 4.69) is 0 Å². The predicted octanol–water partition coefficient (Wildman–Crippen LogP) is 7.92. The number of phenolic OH excluding ortho intramolecular Hbond substituents is 3. The summed E-state index contributed by atoms with van der Waals surface area (Å²) in [4.78, 5) is 1.86. The minimum atomic E-state index is 0.118. The van der Waals surface area contributed by atoms with Gasteiger partial charge < -0.3 is 25.0 Å². The number of ether oxygens (including phenoxy) is 1. The zero-order valence-corrected chi connectivity index (χ0v) is 21.0. The number of rotatable bonds is 5. The van der Waals surface area contributed by atoms with Crippen LogP contribution < -0.4 is 9.64 Å². The molecule has 0 saturated carbocycles. The second-order valence-electron chi connectivity index (χ2n) is 9.22. The highest BCUT2D eigenvalue weighted by Crippen LogP contribution is 2.48. The molecule has 0 aliphatic carbocycles. The van der Waals surface area contributed by atoms with Gasteiger partial charge in [-0.2, -0.15) is 0 Å². The molecule has 5 nitrogen and oxygen atoms in total. The van der Waals surface area contributed by atoms with E-state index < -0.39 is 0 Å². The number of benzene rings is 4. The Labute approximate surface area is 206 Å². The Bertz CT molecular complexity index is 1320. The third-order valence-electron chi connectivity index (χ3n) is 6.20. The fourth-order valence-electron chi connectivity index (χ4n) is 4.55. The second kappa shape index (κ2) is 9.26. The number of aryl methyl sites for hydroxylation is 5. The van der Waals surface area contributed by atoms with Crippen LogP contribution in [0.3, 0.4) is 0 Å². The minimum Gasteiger partial charge on any atom is -0.508 e. The van der Waals surface area contributed by atoms with Crippen LogP contribution in [0.25, 0.3) is 0 Å². The van der Waals surface area contributed by atoms with Gasteiger partial charge in [-0.15, -0.1) is 0 Å². The van der Waals surface area contributed by atoms with E-state index >= 15 is 0 Å². The highest BCUT2D eigenvalue weighted by Gasteiger charge is 2.24. The van der Waals surface area contributed by atoms with Crippen molar-refractivity contribution in [2.75, 3.05) is 4.90 Å². The molecule has 5 heteroatoms. The molecule has 0 aliphatic heterocycles. The molecule has 35 heavy (non-hydrogen) atoms. The number of hydrogen-bond donors (Lipinski definition) is 3. The lowest BCUT2D eigenvalue weighted by atomic mass is 10.0. The van der Waals surface area contributed by atoms with Gasteiger partial charge in [0, 0.05) is 12.1 Å². The Morgan fingerprint density at radius 1 is 0.629 bits per heavy atom. The third kappa shape index (κ3) is 4.76. The lowest BCUT2D eigenvalue weighted by Crippen LogP contribution is -2.13. The number of aromatic hydroxyl groups is 3. The van der Waals surface area contributed by atoms with Crippen molar-refractivity contribution in [3.63, 3.8) is 0 Å². The number of anilines is 3. The van der Waals surface area contributed by atoms with Crippen LogP contribution in [-0.4, -0.2) is 15.3 Å². The van der Waals surface area contributed by atoms with Crippen molar-refractivity contribution in [3.05, 3.63) is 94.0 Å². The van der Waals surface area contributed by atoms with Gasteiger partial charge in [0.25, 0.3) is 0 Å². The summed E-state index contributed by atoms with van der Waals surface area (Å²) in [6.45, 7) is 11.6. The van der Waals surface area contributed by atoms with Crippen LogP contribution in [-0.2, 0) is 0 Å². The van der Waals surface area contributed by atoms with Crippen LogP contribution in [0.4, 0.5) is 17.1 Å². The molecular formula is C30H31NO4. The highest BCUT2D eigenvalue weighted by atomic mass is 16.5. The molecule has 180 valence electrons. The first kappa shape index (κ1) is 24.0. The minimum absolute atomic E-state index is 0.118. The molecule has 4 aromatic rings. The number of phenols is 3. The molecule has 4 aromatic carbocycles. The first-order valence-corrected chi connectivity index (χ1v) is 11.5. The predicted molar refractivity (Wildman–Crippen MR) is 141 cm³/mol. The zero-order valence-electron chi connectivity index (χ0n) is 21.0. The summed E-state index contributed by atoms with van der Waals surface area (Å²) in [5, 5.41) is 32.1. The molecule has 0 spiro atoms. The maximum atomic E-state index is 11.0. The van der Waals surface area contributed by atoms with E-state index in [-0.39, 0.29) is 17.2 Å². The molecule has 0 radical (unpaired) electrons. The quantitative estimate of drug-likeness (QED) is 0.277. The summed E-state index contributed by atoms with van der Waals surface area (Å²) in [5.74, 6) is 1.51. The molecule has 0 amide bonds. The van der Waals surface area contributed by atoms with Crippen molar-refractivity contribution in [1.82, 2.24) is 0 Å². The molecular weight excluding hydrogens is 438 g/mol. The average molecular weight is 470 g/mol. The Morgan fingerprint density at radius 2 is 1.20 bits per heavy atom. The molecule has 0 aromatic heterocycles. The van der Waals surface area contributed by atoms with Gasteiger partial charge in [-0.05, 0) is 105 Å². The lowest BCUT2D eigenvalue weighted by molar-refractivity contribution is 0.452. The van der Waals surface area contributed by atoms with Gasteiger partial charge in [0.15, 0.2) is 0 Å². The summed E-state index contributed by atoms with van der Waals surface area (Å²) >= 11 is 0. The smallest absolute Gasteiger partial charge is 0.140 e. The van der Waals surface area contributed by atoms with Crippen LogP contribution in [0, 0.1) is 41.5 Å². The van der Waals surface area contributed by atoms with Crippen molar-refractivity contribution in [2.45, 2.75) is 41.5 Å². The molecule has 0 atom stereocenters. The number of hydrogen-bond acceptors (Lipinski definition) is 5. The third-order valence-corrected chi connectivity index (χ3v) is 6.20. The van der Waals surface area contributed by atoms with E-state index in [9.17, 15) is 15.3 Å². The van der Waals surface area contributed by atoms with E-state index in [1.807, 2.05) is 82.8 Å². The van der Waals surface area contributed by atoms with E-state index in [4.69, 9.17) is 4.74 Å². The monoisotopic (exact) mass is 469 g/mol. The van der Waals surface area contributed by atoms with Crippen molar-refractivity contribution >= 4 is 17.1 Å². The summed E-state index contributed by atoms with van der Waals surface area (Å²) in [5.41, 5.74) is 7.36. The fourth-order valence-corrected chi connectivity index (χ4v) is 4.55. The first-order valence-electron chi connectivity index (χ1n) is 11.5.